The molecule has 0 spiro atoms. The predicted octanol–water partition coefficient (Wildman–Crippen LogP) is 1.96. The van der Waals surface area contributed by atoms with Gasteiger partial charge in [0.1, 0.15) is 0 Å². The Kier molecular flexibility index (Phi) is 5.36. The van der Waals surface area contributed by atoms with Crippen LogP contribution in [0.5, 0.6) is 0 Å². The first kappa shape index (κ1) is 14.0. The zero-order valence-electron chi connectivity index (χ0n) is 11.4. The number of nitrogens with one attached hydrogen (secondary N) is 2. The lowest BCUT2D eigenvalue weighted by molar-refractivity contribution is -0.118. The molecule has 1 amide bonds. The van der Waals surface area contributed by atoms with Gasteiger partial charge in [-0.1, -0.05) is 24.6 Å². The van der Waals surface area contributed by atoms with Gasteiger partial charge in [0, 0.05) is 12.8 Å². The Morgan fingerprint density at radius 2 is 2.26 bits per heavy atom. The second-order valence-electron chi connectivity index (χ2n) is 4.89. The highest BCUT2D eigenvalue weighted by atomic mass is 16.5. The molecule has 4 nitrogen and oxygen atoms in total. The summed E-state index contributed by atoms with van der Waals surface area (Å²) >= 11 is 0. The topological polar surface area (TPSA) is 50.4 Å². The molecule has 0 unspecified atom stereocenters. The highest BCUT2D eigenvalue weighted by Crippen LogP contribution is 2.17. The molecule has 1 aromatic carbocycles. The summed E-state index contributed by atoms with van der Waals surface area (Å²) in [5, 5.41) is 6.30. The average Bonchev–Trinajstić information content (AvgIpc) is 2.47. The molecule has 1 aliphatic rings. The molecule has 1 saturated heterocycles. The number of hydrogen-bond donors (Lipinski definition) is 2. The summed E-state index contributed by atoms with van der Waals surface area (Å²) in [6.45, 7) is 1.60. The smallest absolute Gasteiger partial charge is 0.241 e. The molecule has 1 heterocycles. The molecular formula is C15H22N2O2. The Morgan fingerprint density at radius 1 is 1.42 bits per heavy atom. The summed E-state index contributed by atoms with van der Waals surface area (Å²) in [4.78, 5) is 12.2. The number of carbonyl (C=O) groups is 1. The average molecular weight is 262 g/mol. The van der Waals surface area contributed by atoms with Gasteiger partial charge in [0.25, 0.3) is 0 Å². The number of para-hydroxylation sites is 1. The summed E-state index contributed by atoms with van der Waals surface area (Å²) in [7, 11) is 1.69. The standard InChI is InChI=1S/C15H22N2O2/c1-19-11-9-12-6-2-3-7-13(12)17-15(18)14-8-4-5-10-16-14/h2-3,6-7,14,16H,4-5,8-11H2,1H3,(H,17,18)/t14-/m0/s1. The van der Waals surface area contributed by atoms with Gasteiger partial charge in [0.15, 0.2) is 0 Å². The first-order chi connectivity index (χ1) is 9.31. The van der Waals surface area contributed by atoms with Crippen LogP contribution in [0.15, 0.2) is 24.3 Å². The van der Waals surface area contributed by atoms with E-state index in [1.54, 1.807) is 7.11 Å². The van der Waals surface area contributed by atoms with E-state index >= 15 is 0 Å². The molecule has 104 valence electrons. The molecule has 19 heavy (non-hydrogen) atoms. The fraction of sp³-hybridized carbons (Fsp3) is 0.533. The number of anilines is 1. The molecule has 1 atom stereocenters. The molecule has 2 rings (SSSR count). The third-order valence-electron chi connectivity index (χ3n) is 3.48. The number of carbonyl (C=O) groups excluding carboxylic acids is 1. The second kappa shape index (κ2) is 7.26. The third-order valence-corrected chi connectivity index (χ3v) is 3.48. The fourth-order valence-corrected chi connectivity index (χ4v) is 2.37. The fourth-order valence-electron chi connectivity index (χ4n) is 2.37. The zero-order valence-corrected chi connectivity index (χ0v) is 11.4. The van der Waals surface area contributed by atoms with Crippen LogP contribution < -0.4 is 10.6 Å². The maximum atomic E-state index is 12.2. The predicted molar refractivity (Wildman–Crippen MR) is 76.3 cm³/mol. The first-order valence-electron chi connectivity index (χ1n) is 6.92. The van der Waals surface area contributed by atoms with Crippen molar-refractivity contribution in [2.75, 3.05) is 25.6 Å². The molecule has 1 aromatic rings. The Balaban J connectivity index is 1.99. The van der Waals surface area contributed by atoms with Gasteiger partial charge in [-0.05, 0) is 37.4 Å². The minimum Gasteiger partial charge on any atom is -0.384 e. The van der Waals surface area contributed by atoms with Crippen molar-refractivity contribution in [2.45, 2.75) is 31.7 Å². The molecule has 0 aromatic heterocycles. The monoisotopic (exact) mass is 262 g/mol. The molecule has 1 fully saturated rings. The summed E-state index contributed by atoms with van der Waals surface area (Å²) in [6, 6.07) is 7.86. The molecule has 0 bridgehead atoms. The lowest BCUT2D eigenvalue weighted by Gasteiger charge is -2.23. The van der Waals surface area contributed by atoms with E-state index in [9.17, 15) is 4.79 Å². The summed E-state index contributed by atoms with van der Waals surface area (Å²) in [5.41, 5.74) is 2.02. The van der Waals surface area contributed by atoms with Crippen LogP contribution in [0.1, 0.15) is 24.8 Å². The van der Waals surface area contributed by atoms with E-state index in [4.69, 9.17) is 4.74 Å². The van der Waals surface area contributed by atoms with E-state index in [2.05, 4.69) is 10.6 Å². The lowest BCUT2D eigenvalue weighted by atomic mass is 10.0. The van der Waals surface area contributed by atoms with Crippen LogP contribution in [0.4, 0.5) is 5.69 Å². The quantitative estimate of drug-likeness (QED) is 0.853. The normalized spacial score (nSPS) is 19.1. The van der Waals surface area contributed by atoms with Crippen LogP contribution in [0.3, 0.4) is 0 Å². The van der Waals surface area contributed by atoms with E-state index in [-0.39, 0.29) is 11.9 Å². The van der Waals surface area contributed by atoms with Gasteiger partial charge < -0.3 is 15.4 Å². The molecule has 0 radical (unpaired) electrons. The number of hydrogen-bond acceptors (Lipinski definition) is 3. The van der Waals surface area contributed by atoms with Crippen molar-refractivity contribution < 1.29 is 9.53 Å². The Bertz CT molecular complexity index is 414. The van der Waals surface area contributed by atoms with Gasteiger partial charge in [-0.3, -0.25) is 4.79 Å². The zero-order chi connectivity index (χ0) is 13.5. The van der Waals surface area contributed by atoms with Gasteiger partial charge in [0.2, 0.25) is 5.91 Å². The maximum absolute atomic E-state index is 12.2. The molecular weight excluding hydrogens is 240 g/mol. The second-order valence-corrected chi connectivity index (χ2v) is 4.89. The summed E-state index contributed by atoms with van der Waals surface area (Å²) in [5.74, 6) is 0.0737. The van der Waals surface area contributed by atoms with Crippen molar-refractivity contribution >= 4 is 11.6 Å². The number of piperidine rings is 1. The van der Waals surface area contributed by atoms with E-state index in [0.29, 0.717) is 6.61 Å². The van der Waals surface area contributed by atoms with E-state index in [1.807, 2.05) is 24.3 Å². The van der Waals surface area contributed by atoms with Crippen molar-refractivity contribution in [3.63, 3.8) is 0 Å². The largest absolute Gasteiger partial charge is 0.384 e. The molecule has 2 N–H and O–H groups in total. The number of amides is 1. The van der Waals surface area contributed by atoms with Gasteiger partial charge in [-0.2, -0.15) is 0 Å². The maximum Gasteiger partial charge on any atom is 0.241 e. The van der Waals surface area contributed by atoms with Crippen molar-refractivity contribution in [2.24, 2.45) is 0 Å². The first-order valence-corrected chi connectivity index (χ1v) is 6.92. The highest BCUT2D eigenvalue weighted by molar-refractivity contribution is 5.95. The van der Waals surface area contributed by atoms with Crippen LogP contribution in [-0.2, 0) is 16.0 Å². The highest BCUT2D eigenvalue weighted by Gasteiger charge is 2.20. The minimum absolute atomic E-state index is 0.0516. The molecule has 1 aliphatic heterocycles. The van der Waals surface area contributed by atoms with Gasteiger partial charge in [0.05, 0.1) is 12.6 Å². The van der Waals surface area contributed by atoms with E-state index < -0.39 is 0 Å². The number of rotatable bonds is 5. The van der Waals surface area contributed by atoms with Gasteiger partial charge in [-0.15, -0.1) is 0 Å². The van der Waals surface area contributed by atoms with Crippen molar-refractivity contribution in [1.82, 2.24) is 5.32 Å². The van der Waals surface area contributed by atoms with Crippen molar-refractivity contribution in [3.05, 3.63) is 29.8 Å². The molecule has 4 heteroatoms. The Morgan fingerprint density at radius 3 is 3.00 bits per heavy atom. The van der Waals surface area contributed by atoms with Crippen molar-refractivity contribution in [3.8, 4) is 0 Å². The number of ether oxygens (including phenoxy) is 1. The van der Waals surface area contributed by atoms with E-state index in [0.717, 1.165) is 43.5 Å². The Hall–Kier alpha value is -1.39. The SMILES string of the molecule is COCCc1ccccc1NC(=O)[C@@H]1CCCCN1. The van der Waals surface area contributed by atoms with Gasteiger partial charge in [-0.25, -0.2) is 0 Å². The van der Waals surface area contributed by atoms with Crippen LogP contribution in [0.2, 0.25) is 0 Å². The lowest BCUT2D eigenvalue weighted by Crippen LogP contribution is -2.43. The van der Waals surface area contributed by atoms with Crippen molar-refractivity contribution in [1.29, 1.82) is 0 Å². The third kappa shape index (κ3) is 4.04. The van der Waals surface area contributed by atoms with Crippen LogP contribution in [-0.4, -0.2) is 32.2 Å². The van der Waals surface area contributed by atoms with Crippen LogP contribution in [0, 0.1) is 0 Å². The number of benzene rings is 1. The van der Waals surface area contributed by atoms with Crippen LogP contribution in [0.25, 0.3) is 0 Å². The summed E-state index contributed by atoms with van der Waals surface area (Å²) in [6.07, 6.45) is 4.02. The molecule has 0 saturated carbocycles. The number of methoxy groups -OCH3 is 1. The molecule has 0 aliphatic carbocycles. The van der Waals surface area contributed by atoms with E-state index in [1.165, 1.54) is 0 Å². The van der Waals surface area contributed by atoms with Crippen LogP contribution >= 0.6 is 0 Å². The Labute approximate surface area is 114 Å². The summed E-state index contributed by atoms with van der Waals surface area (Å²) < 4.78 is 5.10. The minimum atomic E-state index is -0.0516. The van der Waals surface area contributed by atoms with Gasteiger partial charge >= 0.3 is 0 Å².